The van der Waals surface area contributed by atoms with Crippen LogP contribution in [-0.4, -0.2) is 18.0 Å². The van der Waals surface area contributed by atoms with Gasteiger partial charge in [0.1, 0.15) is 0 Å². The molecular formula is C12H21N. The molecule has 1 aliphatic rings. The van der Waals surface area contributed by atoms with Crippen molar-refractivity contribution in [3.63, 3.8) is 0 Å². The molecule has 0 aliphatic carbocycles. The predicted octanol–water partition coefficient (Wildman–Crippen LogP) is 3.01. The molecule has 0 N–H and O–H groups in total. The number of unbranched alkanes of at least 4 members (excludes halogenated alkanes) is 3. The molecule has 1 nitrogen and oxygen atoms in total. The van der Waals surface area contributed by atoms with Gasteiger partial charge in [-0.05, 0) is 25.7 Å². The van der Waals surface area contributed by atoms with Crippen molar-refractivity contribution in [2.45, 2.75) is 51.9 Å². The first kappa shape index (κ1) is 10.4. The average molecular weight is 179 g/mol. The Morgan fingerprint density at radius 1 is 1.08 bits per heavy atom. The molecule has 13 heavy (non-hydrogen) atoms. The normalized spacial score (nSPS) is 16.5. The highest BCUT2D eigenvalue weighted by molar-refractivity contribution is 4.99. The molecule has 0 unspecified atom stereocenters. The lowest BCUT2D eigenvalue weighted by Gasteiger charge is -2.21. The molecule has 0 bridgehead atoms. The van der Waals surface area contributed by atoms with Gasteiger partial charge in [-0.25, -0.2) is 0 Å². The van der Waals surface area contributed by atoms with E-state index >= 15 is 0 Å². The molecule has 0 amide bonds. The van der Waals surface area contributed by atoms with Crippen LogP contribution in [0.5, 0.6) is 0 Å². The van der Waals surface area contributed by atoms with Crippen LogP contribution in [0.15, 0.2) is 0 Å². The summed E-state index contributed by atoms with van der Waals surface area (Å²) in [5, 5.41) is 0. The summed E-state index contributed by atoms with van der Waals surface area (Å²) in [4.78, 5) is 2.29. The minimum Gasteiger partial charge on any atom is -0.333 e. The Kier molecular flexibility index (Phi) is 5.49. The zero-order valence-corrected chi connectivity index (χ0v) is 8.81. The summed E-state index contributed by atoms with van der Waals surface area (Å²) in [6.45, 7) is 4.62. The van der Waals surface area contributed by atoms with Crippen molar-refractivity contribution in [3.8, 4) is 12.0 Å². The fraction of sp³-hybridized carbons (Fsp3) is 0.833. The first-order valence-corrected chi connectivity index (χ1v) is 5.67. The van der Waals surface area contributed by atoms with E-state index in [0.29, 0.717) is 0 Å². The smallest absolute Gasteiger partial charge is 0.0260 e. The van der Waals surface area contributed by atoms with E-state index in [2.05, 4.69) is 23.8 Å². The number of likely N-dealkylation sites (tertiary alicyclic amines) is 1. The number of rotatable bonds is 3. The Hall–Kier alpha value is -0.640. The van der Waals surface area contributed by atoms with Crippen LogP contribution >= 0.6 is 0 Å². The second-order valence-electron chi connectivity index (χ2n) is 3.79. The van der Waals surface area contributed by atoms with E-state index in [1.54, 1.807) is 0 Å². The van der Waals surface area contributed by atoms with Crippen LogP contribution in [0.4, 0.5) is 0 Å². The molecular weight excluding hydrogens is 158 g/mol. The predicted molar refractivity (Wildman–Crippen MR) is 57.3 cm³/mol. The van der Waals surface area contributed by atoms with Crippen molar-refractivity contribution < 1.29 is 0 Å². The third kappa shape index (κ3) is 4.83. The standard InChI is InChI=1S/C12H21N/c1-2-3-4-5-7-10-13-11-8-6-9-12-13/h2-6,8-9,11-12H2,1H3. The summed E-state index contributed by atoms with van der Waals surface area (Å²) in [6, 6.07) is 3.26. The van der Waals surface area contributed by atoms with E-state index in [0.717, 1.165) is 6.42 Å². The van der Waals surface area contributed by atoms with E-state index < -0.39 is 0 Å². The van der Waals surface area contributed by atoms with Gasteiger partial charge in [0.05, 0.1) is 0 Å². The van der Waals surface area contributed by atoms with Gasteiger partial charge in [-0.15, -0.1) is 0 Å². The van der Waals surface area contributed by atoms with Crippen molar-refractivity contribution in [1.82, 2.24) is 4.90 Å². The van der Waals surface area contributed by atoms with E-state index in [-0.39, 0.29) is 0 Å². The maximum Gasteiger partial charge on any atom is 0.0260 e. The first-order chi connectivity index (χ1) is 6.43. The van der Waals surface area contributed by atoms with Crippen LogP contribution < -0.4 is 0 Å². The molecule has 0 radical (unpaired) electrons. The minimum atomic E-state index is 1.09. The van der Waals surface area contributed by atoms with Gasteiger partial charge >= 0.3 is 0 Å². The summed E-state index contributed by atoms with van der Waals surface area (Å²) in [7, 11) is 0. The largest absolute Gasteiger partial charge is 0.333 e. The van der Waals surface area contributed by atoms with Gasteiger partial charge in [0.2, 0.25) is 0 Å². The van der Waals surface area contributed by atoms with Crippen molar-refractivity contribution in [2.75, 3.05) is 13.1 Å². The van der Waals surface area contributed by atoms with Crippen LogP contribution in [0.2, 0.25) is 0 Å². The lowest BCUT2D eigenvalue weighted by molar-refractivity contribution is 0.326. The van der Waals surface area contributed by atoms with Gasteiger partial charge < -0.3 is 4.90 Å². The second kappa shape index (κ2) is 6.83. The summed E-state index contributed by atoms with van der Waals surface area (Å²) >= 11 is 0. The molecule has 1 rings (SSSR count). The summed E-state index contributed by atoms with van der Waals surface area (Å²) < 4.78 is 0. The monoisotopic (exact) mass is 179 g/mol. The molecule has 0 spiro atoms. The Balaban J connectivity index is 2.06. The Bertz CT molecular complexity index is 169. The molecule has 0 aromatic heterocycles. The highest BCUT2D eigenvalue weighted by atomic mass is 15.1. The van der Waals surface area contributed by atoms with Gasteiger partial charge in [-0.3, -0.25) is 0 Å². The van der Waals surface area contributed by atoms with E-state index in [9.17, 15) is 0 Å². The summed E-state index contributed by atoms with van der Waals surface area (Å²) in [6.07, 6.45) is 9.06. The van der Waals surface area contributed by atoms with E-state index in [4.69, 9.17) is 0 Å². The first-order valence-electron chi connectivity index (χ1n) is 5.67. The lowest BCUT2D eigenvalue weighted by Crippen LogP contribution is -2.24. The van der Waals surface area contributed by atoms with Crippen LogP contribution in [-0.2, 0) is 0 Å². The van der Waals surface area contributed by atoms with E-state index in [1.165, 1.54) is 51.6 Å². The van der Waals surface area contributed by atoms with Crippen molar-refractivity contribution in [3.05, 3.63) is 0 Å². The quantitative estimate of drug-likeness (QED) is 0.475. The SMILES string of the molecule is CCCCCC#CN1CCCCC1. The molecule has 0 aromatic rings. The maximum absolute atomic E-state index is 3.27. The van der Waals surface area contributed by atoms with Gasteiger partial charge in [0, 0.05) is 25.6 Å². The van der Waals surface area contributed by atoms with Crippen LogP contribution in [0.3, 0.4) is 0 Å². The molecule has 1 heteroatoms. The van der Waals surface area contributed by atoms with Crippen molar-refractivity contribution in [2.24, 2.45) is 0 Å². The Morgan fingerprint density at radius 2 is 1.85 bits per heavy atom. The van der Waals surface area contributed by atoms with Crippen molar-refractivity contribution in [1.29, 1.82) is 0 Å². The third-order valence-corrected chi connectivity index (χ3v) is 2.50. The number of hydrogen-bond acceptors (Lipinski definition) is 1. The molecule has 0 aromatic carbocycles. The van der Waals surface area contributed by atoms with E-state index in [1.807, 2.05) is 0 Å². The topological polar surface area (TPSA) is 3.24 Å². The molecule has 74 valence electrons. The molecule has 1 heterocycles. The molecule has 0 atom stereocenters. The van der Waals surface area contributed by atoms with Gasteiger partial charge in [0.15, 0.2) is 0 Å². The fourth-order valence-corrected chi connectivity index (χ4v) is 1.64. The number of nitrogens with zero attached hydrogens (tertiary/aromatic N) is 1. The minimum absolute atomic E-state index is 1.09. The van der Waals surface area contributed by atoms with Crippen LogP contribution in [0.25, 0.3) is 0 Å². The molecule has 1 fully saturated rings. The highest BCUT2D eigenvalue weighted by Gasteiger charge is 2.04. The molecule has 1 aliphatic heterocycles. The maximum atomic E-state index is 3.27. The third-order valence-electron chi connectivity index (χ3n) is 2.50. The lowest BCUT2D eigenvalue weighted by atomic mass is 10.1. The summed E-state index contributed by atoms with van der Waals surface area (Å²) in [5.74, 6) is 3.27. The van der Waals surface area contributed by atoms with Gasteiger partial charge in [0.25, 0.3) is 0 Å². The average Bonchev–Trinajstić information content (AvgIpc) is 2.19. The fourth-order valence-electron chi connectivity index (χ4n) is 1.64. The Morgan fingerprint density at radius 3 is 2.54 bits per heavy atom. The Labute approximate surface area is 82.5 Å². The molecule has 1 saturated heterocycles. The summed E-state index contributed by atoms with van der Waals surface area (Å²) in [5.41, 5.74) is 0. The number of piperidine rings is 1. The molecule has 0 saturated carbocycles. The highest BCUT2D eigenvalue weighted by Crippen LogP contribution is 2.06. The van der Waals surface area contributed by atoms with Gasteiger partial charge in [-0.1, -0.05) is 25.7 Å². The van der Waals surface area contributed by atoms with Crippen molar-refractivity contribution >= 4 is 0 Å². The van der Waals surface area contributed by atoms with Gasteiger partial charge in [-0.2, -0.15) is 0 Å². The second-order valence-corrected chi connectivity index (χ2v) is 3.79. The van der Waals surface area contributed by atoms with Crippen LogP contribution in [0.1, 0.15) is 51.9 Å². The zero-order valence-electron chi connectivity index (χ0n) is 8.81. The van der Waals surface area contributed by atoms with Crippen LogP contribution in [0, 0.1) is 12.0 Å². The number of hydrogen-bond donors (Lipinski definition) is 0. The zero-order chi connectivity index (χ0) is 9.36.